The molecular weight excluding hydrogens is 292 g/mol. The number of aromatic nitrogens is 3. The van der Waals surface area contributed by atoms with Crippen LogP contribution in [0.25, 0.3) is 0 Å². The second-order valence-electron chi connectivity index (χ2n) is 4.68. The van der Waals surface area contributed by atoms with Crippen LogP contribution in [0.5, 0.6) is 10.8 Å². The van der Waals surface area contributed by atoms with Gasteiger partial charge >= 0.3 is 0 Å². The molecule has 21 heavy (non-hydrogen) atoms. The predicted octanol–water partition coefficient (Wildman–Crippen LogP) is 2.09. The van der Waals surface area contributed by atoms with Gasteiger partial charge in [-0.05, 0) is 12.8 Å². The van der Waals surface area contributed by atoms with Gasteiger partial charge < -0.3 is 14.8 Å². The molecule has 0 spiro atoms. The van der Waals surface area contributed by atoms with Crippen molar-refractivity contribution < 1.29 is 14.3 Å². The number of nitrogens with zero attached hydrogens (tertiary/aromatic N) is 3. The third-order valence-corrected chi connectivity index (χ3v) is 4.06. The van der Waals surface area contributed by atoms with Crippen LogP contribution in [-0.4, -0.2) is 34.1 Å². The lowest BCUT2D eigenvalue weighted by Gasteiger charge is -2.32. The number of rotatable bonds is 5. The summed E-state index contributed by atoms with van der Waals surface area (Å²) in [5, 5.41) is 3.89. The molecule has 1 saturated carbocycles. The Kier molecular flexibility index (Phi) is 4.07. The van der Waals surface area contributed by atoms with E-state index in [4.69, 9.17) is 9.47 Å². The molecule has 7 nitrogen and oxygen atoms in total. The molecule has 0 atom stereocenters. The van der Waals surface area contributed by atoms with Crippen molar-refractivity contribution in [2.24, 2.45) is 5.92 Å². The second kappa shape index (κ2) is 6.15. The van der Waals surface area contributed by atoms with Crippen molar-refractivity contribution in [3.63, 3.8) is 0 Å². The molecule has 8 heteroatoms. The van der Waals surface area contributed by atoms with Crippen molar-refractivity contribution in [2.45, 2.75) is 18.9 Å². The molecule has 1 fully saturated rings. The van der Waals surface area contributed by atoms with Crippen molar-refractivity contribution in [2.75, 3.05) is 12.4 Å². The molecule has 0 saturated heterocycles. The zero-order chi connectivity index (χ0) is 14.7. The summed E-state index contributed by atoms with van der Waals surface area (Å²) in [4.78, 5) is 23.8. The number of ether oxygens (including phenoxy) is 2. The molecule has 1 aliphatic carbocycles. The number of methoxy groups -OCH3 is 1. The maximum Gasteiger partial charge on any atom is 0.229 e. The van der Waals surface area contributed by atoms with Crippen LogP contribution in [0.4, 0.5) is 5.13 Å². The first-order valence-electron chi connectivity index (χ1n) is 6.47. The molecule has 3 rings (SSSR count). The van der Waals surface area contributed by atoms with Crippen molar-refractivity contribution in [3.8, 4) is 10.8 Å². The fraction of sp³-hybridized carbons (Fsp3) is 0.385. The van der Waals surface area contributed by atoms with E-state index in [1.165, 1.54) is 17.7 Å². The van der Waals surface area contributed by atoms with Crippen LogP contribution in [0.3, 0.4) is 0 Å². The molecule has 110 valence electrons. The average Bonchev–Trinajstić information content (AvgIpc) is 2.86. The number of hydrogen-bond acceptors (Lipinski definition) is 7. The molecular formula is C13H14N4O3S. The molecule has 2 aromatic heterocycles. The highest BCUT2D eigenvalue weighted by Crippen LogP contribution is 2.33. The van der Waals surface area contributed by atoms with Gasteiger partial charge in [0.05, 0.1) is 24.7 Å². The Morgan fingerprint density at radius 1 is 1.33 bits per heavy atom. The zero-order valence-electron chi connectivity index (χ0n) is 11.4. The quantitative estimate of drug-likeness (QED) is 0.910. The predicted molar refractivity (Wildman–Crippen MR) is 76.4 cm³/mol. The van der Waals surface area contributed by atoms with Crippen LogP contribution in [0.15, 0.2) is 24.9 Å². The van der Waals surface area contributed by atoms with Crippen LogP contribution >= 0.6 is 11.3 Å². The Morgan fingerprint density at radius 3 is 2.81 bits per heavy atom. The summed E-state index contributed by atoms with van der Waals surface area (Å²) in [5.41, 5.74) is 0. The highest BCUT2D eigenvalue weighted by atomic mass is 32.1. The second-order valence-corrected chi connectivity index (χ2v) is 5.67. The maximum atomic E-state index is 12.0. The van der Waals surface area contributed by atoms with E-state index in [0.717, 1.165) is 12.8 Å². The van der Waals surface area contributed by atoms with Gasteiger partial charge in [0.15, 0.2) is 10.9 Å². The summed E-state index contributed by atoms with van der Waals surface area (Å²) < 4.78 is 10.7. The van der Waals surface area contributed by atoms with Gasteiger partial charge in [-0.2, -0.15) is 0 Å². The first-order valence-corrected chi connectivity index (χ1v) is 7.28. The van der Waals surface area contributed by atoms with Crippen LogP contribution in [0.1, 0.15) is 12.8 Å². The standard InChI is InChI=1S/C13H14N4O3S/c1-19-9-2-8(3-9)12(18)17-13-16-6-11(21-13)20-10-4-14-7-15-5-10/h4-9H,2-3H2,1H3,(H,16,17,18). The minimum atomic E-state index is -0.0211. The van der Waals surface area contributed by atoms with Crippen molar-refractivity contribution in [1.82, 2.24) is 15.0 Å². The van der Waals surface area contributed by atoms with E-state index in [-0.39, 0.29) is 17.9 Å². The van der Waals surface area contributed by atoms with Crippen molar-refractivity contribution in [1.29, 1.82) is 0 Å². The van der Waals surface area contributed by atoms with Gasteiger partial charge in [0.1, 0.15) is 6.33 Å². The van der Waals surface area contributed by atoms with E-state index in [2.05, 4.69) is 20.3 Å². The normalized spacial score (nSPS) is 20.6. The average molecular weight is 306 g/mol. The summed E-state index contributed by atoms with van der Waals surface area (Å²) in [6.45, 7) is 0. The maximum absolute atomic E-state index is 12.0. The molecule has 0 bridgehead atoms. The third kappa shape index (κ3) is 3.34. The number of hydrogen-bond donors (Lipinski definition) is 1. The minimum Gasteiger partial charge on any atom is -0.442 e. The van der Waals surface area contributed by atoms with Gasteiger partial charge in [0, 0.05) is 13.0 Å². The lowest BCUT2D eigenvalue weighted by molar-refractivity contribution is -0.127. The van der Waals surface area contributed by atoms with Gasteiger partial charge in [-0.3, -0.25) is 4.79 Å². The number of thiazole rings is 1. The zero-order valence-corrected chi connectivity index (χ0v) is 12.2. The molecule has 1 amide bonds. The monoisotopic (exact) mass is 306 g/mol. The Bertz CT molecular complexity index is 613. The van der Waals surface area contributed by atoms with Crippen molar-refractivity contribution >= 4 is 22.4 Å². The molecule has 0 aliphatic heterocycles. The molecule has 1 N–H and O–H groups in total. The molecule has 1 aliphatic rings. The summed E-state index contributed by atoms with van der Waals surface area (Å²) in [7, 11) is 1.66. The van der Waals surface area contributed by atoms with Gasteiger partial charge in [0.25, 0.3) is 0 Å². The van der Waals surface area contributed by atoms with E-state index >= 15 is 0 Å². The Balaban J connectivity index is 1.54. The number of nitrogens with one attached hydrogen (secondary N) is 1. The lowest BCUT2D eigenvalue weighted by Crippen LogP contribution is -2.38. The fourth-order valence-corrected chi connectivity index (χ4v) is 2.69. The SMILES string of the molecule is COC1CC(C(=O)Nc2ncc(Oc3cncnc3)s2)C1. The Labute approximate surface area is 125 Å². The van der Waals surface area contributed by atoms with Crippen LogP contribution in [0.2, 0.25) is 0 Å². The first kappa shape index (κ1) is 13.9. The number of carbonyl (C=O) groups is 1. The van der Waals surface area contributed by atoms with Gasteiger partial charge in [0.2, 0.25) is 11.0 Å². The summed E-state index contributed by atoms with van der Waals surface area (Å²) in [6.07, 6.45) is 7.84. The lowest BCUT2D eigenvalue weighted by atomic mass is 9.82. The summed E-state index contributed by atoms with van der Waals surface area (Å²) in [5.74, 6) is 0.513. The fourth-order valence-electron chi connectivity index (χ4n) is 2.00. The van der Waals surface area contributed by atoms with Crippen LogP contribution in [0, 0.1) is 5.92 Å². The number of carbonyl (C=O) groups excluding carboxylic acids is 1. The van der Waals surface area contributed by atoms with E-state index in [1.54, 1.807) is 25.7 Å². The highest BCUT2D eigenvalue weighted by molar-refractivity contribution is 7.17. The smallest absolute Gasteiger partial charge is 0.229 e. The Morgan fingerprint density at radius 2 is 2.10 bits per heavy atom. The molecule has 2 aromatic rings. The van der Waals surface area contributed by atoms with Gasteiger partial charge in [-0.1, -0.05) is 11.3 Å². The van der Waals surface area contributed by atoms with Crippen molar-refractivity contribution in [3.05, 3.63) is 24.9 Å². The largest absolute Gasteiger partial charge is 0.442 e. The molecule has 0 radical (unpaired) electrons. The van der Waals surface area contributed by atoms with E-state index in [1.807, 2.05) is 0 Å². The minimum absolute atomic E-state index is 0.00532. The third-order valence-electron chi connectivity index (χ3n) is 3.27. The number of anilines is 1. The van der Waals surface area contributed by atoms with E-state index < -0.39 is 0 Å². The van der Waals surface area contributed by atoms with E-state index in [9.17, 15) is 4.79 Å². The summed E-state index contributed by atoms with van der Waals surface area (Å²) >= 11 is 1.26. The molecule has 2 heterocycles. The Hall–Kier alpha value is -2.06. The molecule has 0 aromatic carbocycles. The summed E-state index contributed by atoms with van der Waals surface area (Å²) in [6, 6.07) is 0. The van der Waals surface area contributed by atoms with E-state index in [0.29, 0.717) is 15.9 Å². The number of amides is 1. The molecule has 0 unspecified atom stereocenters. The topological polar surface area (TPSA) is 86.2 Å². The van der Waals surface area contributed by atoms with Crippen LogP contribution < -0.4 is 10.1 Å². The van der Waals surface area contributed by atoms with Gasteiger partial charge in [-0.15, -0.1) is 0 Å². The highest BCUT2D eigenvalue weighted by Gasteiger charge is 2.34. The first-order chi connectivity index (χ1) is 10.2. The van der Waals surface area contributed by atoms with Gasteiger partial charge in [-0.25, -0.2) is 15.0 Å². The van der Waals surface area contributed by atoms with Crippen LogP contribution in [-0.2, 0) is 9.53 Å².